The fourth-order valence-electron chi connectivity index (χ4n) is 1.63. The van der Waals surface area contributed by atoms with Crippen LogP contribution in [0.4, 0.5) is 4.79 Å². The number of nitrogens with zero attached hydrogens (tertiary/aromatic N) is 1. The van der Waals surface area contributed by atoms with E-state index in [1.54, 1.807) is 0 Å². The lowest BCUT2D eigenvalue weighted by atomic mass is 10.1. The SMILES string of the molecule is Cl.O=C(O)N(Cc1ccccc1)C1CNC1. The number of halogens is 1. The maximum atomic E-state index is 11.0. The molecule has 2 rings (SSSR count). The number of hydrogen-bond acceptors (Lipinski definition) is 2. The van der Waals surface area contributed by atoms with E-state index in [-0.39, 0.29) is 18.4 Å². The zero-order valence-corrected chi connectivity index (χ0v) is 9.61. The Kier molecular flexibility index (Phi) is 4.58. The number of carbonyl (C=O) groups is 1. The molecule has 1 heterocycles. The summed E-state index contributed by atoms with van der Waals surface area (Å²) in [4.78, 5) is 12.5. The van der Waals surface area contributed by atoms with Crippen LogP contribution in [0.1, 0.15) is 5.56 Å². The molecule has 2 N–H and O–H groups in total. The Morgan fingerprint density at radius 1 is 1.38 bits per heavy atom. The first-order valence-electron chi connectivity index (χ1n) is 5.01. The van der Waals surface area contributed by atoms with Crippen LogP contribution in [0.3, 0.4) is 0 Å². The molecule has 16 heavy (non-hydrogen) atoms. The van der Waals surface area contributed by atoms with Crippen molar-refractivity contribution in [2.24, 2.45) is 0 Å². The quantitative estimate of drug-likeness (QED) is 0.846. The van der Waals surface area contributed by atoms with Crippen molar-refractivity contribution < 1.29 is 9.90 Å². The third-order valence-corrected chi connectivity index (χ3v) is 2.64. The average Bonchev–Trinajstić information content (AvgIpc) is 2.15. The summed E-state index contributed by atoms with van der Waals surface area (Å²) < 4.78 is 0. The molecule has 0 spiro atoms. The molecule has 4 nitrogen and oxygen atoms in total. The topological polar surface area (TPSA) is 52.6 Å². The van der Waals surface area contributed by atoms with Crippen molar-refractivity contribution in [3.63, 3.8) is 0 Å². The molecule has 1 amide bonds. The lowest BCUT2D eigenvalue weighted by Gasteiger charge is -2.36. The predicted molar refractivity (Wildman–Crippen MR) is 63.9 cm³/mol. The molecule has 0 radical (unpaired) electrons. The number of nitrogens with one attached hydrogen (secondary N) is 1. The molecule has 1 aromatic rings. The summed E-state index contributed by atoms with van der Waals surface area (Å²) in [5.41, 5.74) is 1.03. The molecule has 5 heteroatoms. The maximum Gasteiger partial charge on any atom is 0.407 e. The van der Waals surface area contributed by atoms with E-state index in [0.29, 0.717) is 6.54 Å². The summed E-state index contributed by atoms with van der Waals surface area (Å²) in [5, 5.41) is 12.1. The molecular formula is C11H15ClN2O2. The summed E-state index contributed by atoms with van der Waals surface area (Å²) >= 11 is 0. The van der Waals surface area contributed by atoms with E-state index in [1.165, 1.54) is 4.90 Å². The smallest absolute Gasteiger partial charge is 0.407 e. The van der Waals surface area contributed by atoms with Crippen LogP contribution in [-0.2, 0) is 6.54 Å². The van der Waals surface area contributed by atoms with E-state index in [2.05, 4.69) is 5.32 Å². The van der Waals surface area contributed by atoms with Crippen LogP contribution in [0.15, 0.2) is 30.3 Å². The fraction of sp³-hybridized carbons (Fsp3) is 0.364. The summed E-state index contributed by atoms with van der Waals surface area (Å²) in [5.74, 6) is 0. The van der Waals surface area contributed by atoms with Gasteiger partial charge in [0.25, 0.3) is 0 Å². The zero-order valence-electron chi connectivity index (χ0n) is 8.80. The fourth-order valence-corrected chi connectivity index (χ4v) is 1.63. The van der Waals surface area contributed by atoms with Gasteiger partial charge in [-0.3, -0.25) is 4.90 Å². The number of amides is 1. The van der Waals surface area contributed by atoms with E-state index in [9.17, 15) is 4.79 Å². The predicted octanol–water partition coefficient (Wildman–Crippen LogP) is 1.56. The monoisotopic (exact) mass is 242 g/mol. The van der Waals surface area contributed by atoms with E-state index in [0.717, 1.165) is 18.7 Å². The second-order valence-corrected chi connectivity index (χ2v) is 3.71. The van der Waals surface area contributed by atoms with Crippen LogP contribution < -0.4 is 5.32 Å². The molecule has 0 atom stereocenters. The highest BCUT2D eigenvalue weighted by Gasteiger charge is 2.28. The normalized spacial score (nSPS) is 14.8. The van der Waals surface area contributed by atoms with Gasteiger partial charge in [0, 0.05) is 19.6 Å². The van der Waals surface area contributed by atoms with Crippen LogP contribution >= 0.6 is 12.4 Å². The minimum Gasteiger partial charge on any atom is -0.465 e. The van der Waals surface area contributed by atoms with Crippen LogP contribution in [0.2, 0.25) is 0 Å². The Labute approximate surface area is 101 Å². The Morgan fingerprint density at radius 2 is 2.00 bits per heavy atom. The summed E-state index contributed by atoms with van der Waals surface area (Å²) in [6.07, 6.45) is -0.842. The van der Waals surface area contributed by atoms with E-state index in [4.69, 9.17) is 5.11 Å². The van der Waals surface area contributed by atoms with Crippen molar-refractivity contribution in [2.45, 2.75) is 12.6 Å². The van der Waals surface area contributed by atoms with E-state index in [1.807, 2.05) is 30.3 Å². The highest BCUT2D eigenvalue weighted by molar-refractivity contribution is 5.85. The number of benzene rings is 1. The van der Waals surface area contributed by atoms with Gasteiger partial charge in [-0.2, -0.15) is 0 Å². The molecule has 0 bridgehead atoms. The van der Waals surface area contributed by atoms with Gasteiger partial charge in [-0.25, -0.2) is 4.79 Å². The first kappa shape index (κ1) is 12.8. The third-order valence-electron chi connectivity index (χ3n) is 2.64. The Morgan fingerprint density at radius 3 is 2.44 bits per heavy atom. The van der Waals surface area contributed by atoms with Gasteiger partial charge in [0.1, 0.15) is 0 Å². The van der Waals surface area contributed by atoms with Crippen molar-refractivity contribution in [1.29, 1.82) is 0 Å². The Balaban J connectivity index is 0.00000128. The van der Waals surface area contributed by atoms with Crippen LogP contribution in [0.25, 0.3) is 0 Å². The molecule has 1 aliphatic heterocycles. The van der Waals surface area contributed by atoms with Gasteiger partial charge < -0.3 is 10.4 Å². The van der Waals surface area contributed by atoms with Crippen molar-refractivity contribution in [3.05, 3.63) is 35.9 Å². The largest absolute Gasteiger partial charge is 0.465 e. The lowest BCUT2D eigenvalue weighted by molar-refractivity contribution is 0.102. The molecule has 0 unspecified atom stereocenters. The minimum atomic E-state index is -0.842. The Hall–Kier alpha value is -1.26. The van der Waals surface area contributed by atoms with Crippen molar-refractivity contribution in [1.82, 2.24) is 10.2 Å². The van der Waals surface area contributed by atoms with Gasteiger partial charge in [0.05, 0.1) is 6.04 Å². The molecule has 1 saturated heterocycles. The zero-order chi connectivity index (χ0) is 10.7. The van der Waals surface area contributed by atoms with Gasteiger partial charge in [0.2, 0.25) is 0 Å². The Bertz CT molecular complexity index is 341. The molecule has 88 valence electrons. The molecule has 0 aliphatic carbocycles. The molecule has 1 aliphatic rings. The van der Waals surface area contributed by atoms with Gasteiger partial charge in [-0.1, -0.05) is 30.3 Å². The standard InChI is InChI=1S/C11H14N2O2.ClH/c14-11(15)13(10-6-12-7-10)8-9-4-2-1-3-5-9;/h1-5,10,12H,6-8H2,(H,14,15);1H. The van der Waals surface area contributed by atoms with Crippen molar-refractivity contribution in [3.8, 4) is 0 Å². The number of hydrogen-bond donors (Lipinski definition) is 2. The first-order valence-corrected chi connectivity index (χ1v) is 5.01. The maximum absolute atomic E-state index is 11.0. The van der Waals surface area contributed by atoms with Crippen LogP contribution in [-0.4, -0.2) is 35.2 Å². The average molecular weight is 243 g/mol. The summed E-state index contributed by atoms with van der Waals surface area (Å²) in [7, 11) is 0. The van der Waals surface area contributed by atoms with Gasteiger partial charge >= 0.3 is 6.09 Å². The highest BCUT2D eigenvalue weighted by atomic mass is 35.5. The molecule has 0 saturated carbocycles. The molecule has 0 aromatic heterocycles. The molecular weight excluding hydrogens is 228 g/mol. The van der Waals surface area contributed by atoms with E-state index < -0.39 is 6.09 Å². The number of carboxylic acid groups (broad SMARTS) is 1. The van der Waals surface area contributed by atoms with Crippen molar-refractivity contribution >= 4 is 18.5 Å². The van der Waals surface area contributed by atoms with Gasteiger partial charge in [-0.05, 0) is 5.56 Å². The van der Waals surface area contributed by atoms with Gasteiger partial charge in [-0.15, -0.1) is 12.4 Å². The first-order chi connectivity index (χ1) is 7.27. The lowest BCUT2D eigenvalue weighted by Crippen LogP contribution is -2.58. The van der Waals surface area contributed by atoms with Gasteiger partial charge in [0.15, 0.2) is 0 Å². The molecule has 1 aromatic carbocycles. The van der Waals surface area contributed by atoms with Crippen LogP contribution in [0, 0.1) is 0 Å². The second kappa shape index (κ2) is 5.72. The minimum absolute atomic E-state index is 0. The summed E-state index contributed by atoms with van der Waals surface area (Å²) in [6.45, 7) is 2.00. The van der Waals surface area contributed by atoms with Crippen LogP contribution in [0.5, 0.6) is 0 Å². The van der Waals surface area contributed by atoms with Crippen molar-refractivity contribution in [2.75, 3.05) is 13.1 Å². The third kappa shape index (κ3) is 2.87. The van der Waals surface area contributed by atoms with E-state index >= 15 is 0 Å². The second-order valence-electron chi connectivity index (χ2n) is 3.71. The molecule has 1 fully saturated rings. The summed E-state index contributed by atoms with van der Waals surface area (Å²) in [6, 6.07) is 9.80. The number of rotatable bonds is 3. The highest BCUT2D eigenvalue weighted by Crippen LogP contribution is 2.11.